The van der Waals surface area contributed by atoms with E-state index >= 15 is 0 Å². The molecule has 0 bridgehead atoms. The highest BCUT2D eigenvalue weighted by Crippen LogP contribution is 2.24. The zero-order valence-electron chi connectivity index (χ0n) is 11.5. The van der Waals surface area contributed by atoms with Gasteiger partial charge in [-0.05, 0) is 48.4 Å². The summed E-state index contributed by atoms with van der Waals surface area (Å²) in [5, 5.41) is 3.20. The molecule has 0 saturated heterocycles. The third kappa shape index (κ3) is 4.32. The Morgan fingerprint density at radius 3 is 2.43 bits per heavy atom. The standard InChI is InChI=1S/C16H15BrF3N/c1-2-21-16(11-5-12(17)8-14(19)6-11)7-10-3-4-13(18)9-15(10)20/h3-6,8-9,16,21H,2,7H2,1H3. The Bertz CT molecular complexity index is 611. The lowest BCUT2D eigenvalue weighted by Crippen LogP contribution is -2.23. The van der Waals surface area contributed by atoms with Crippen LogP contribution in [0.3, 0.4) is 0 Å². The largest absolute Gasteiger partial charge is 0.310 e. The van der Waals surface area contributed by atoms with Crippen LogP contribution in [-0.4, -0.2) is 6.54 Å². The van der Waals surface area contributed by atoms with Crippen LogP contribution in [0.4, 0.5) is 13.2 Å². The smallest absolute Gasteiger partial charge is 0.129 e. The van der Waals surface area contributed by atoms with Crippen LogP contribution in [0.15, 0.2) is 40.9 Å². The van der Waals surface area contributed by atoms with Crippen molar-refractivity contribution in [3.05, 3.63) is 69.4 Å². The van der Waals surface area contributed by atoms with Crippen molar-refractivity contribution in [2.24, 2.45) is 0 Å². The van der Waals surface area contributed by atoms with Gasteiger partial charge in [-0.25, -0.2) is 13.2 Å². The van der Waals surface area contributed by atoms with Crippen LogP contribution >= 0.6 is 15.9 Å². The molecular formula is C16H15BrF3N. The molecule has 0 spiro atoms. The summed E-state index contributed by atoms with van der Waals surface area (Å²) in [5.74, 6) is -1.56. The number of halogens is 4. The van der Waals surface area contributed by atoms with Crippen LogP contribution in [0, 0.1) is 17.5 Å². The van der Waals surface area contributed by atoms with Crippen molar-refractivity contribution in [1.82, 2.24) is 5.32 Å². The van der Waals surface area contributed by atoms with E-state index in [9.17, 15) is 13.2 Å². The quantitative estimate of drug-likeness (QED) is 0.813. The fourth-order valence-corrected chi connectivity index (χ4v) is 2.72. The summed E-state index contributed by atoms with van der Waals surface area (Å²) in [7, 11) is 0. The lowest BCUT2D eigenvalue weighted by atomic mass is 9.98. The zero-order chi connectivity index (χ0) is 15.4. The second kappa shape index (κ2) is 7.09. The van der Waals surface area contributed by atoms with Crippen molar-refractivity contribution < 1.29 is 13.2 Å². The molecule has 21 heavy (non-hydrogen) atoms. The van der Waals surface area contributed by atoms with E-state index in [0.717, 1.165) is 6.07 Å². The van der Waals surface area contributed by atoms with Crippen LogP contribution in [0.25, 0.3) is 0 Å². The fourth-order valence-electron chi connectivity index (χ4n) is 2.24. The molecule has 0 heterocycles. The first-order chi connectivity index (χ1) is 9.99. The van der Waals surface area contributed by atoms with Crippen molar-refractivity contribution in [2.75, 3.05) is 6.54 Å². The minimum absolute atomic E-state index is 0.248. The van der Waals surface area contributed by atoms with Gasteiger partial charge in [0.15, 0.2) is 0 Å². The minimum atomic E-state index is -0.607. The van der Waals surface area contributed by atoms with Crippen molar-refractivity contribution in [3.8, 4) is 0 Å². The number of benzene rings is 2. The lowest BCUT2D eigenvalue weighted by molar-refractivity contribution is 0.517. The molecule has 0 aromatic heterocycles. The van der Waals surface area contributed by atoms with Gasteiger partial charge in [0.25, 0.3) is 0 Å². The van der Waals surface area contributed by atoms with E-state index in [1.54, 1.807) is 6.07 Å². The summed E-state index contributed by atoms with van der Waals surface area (Å²) in [6.45, 7) is 2.57. The van der Waals surface area contributed by atoms with Gasteiger partial charge in [-0.2, -0.15) is 0 Å². The second-order valence-electron chi connectivity index (χ2n) is 4.75. The van der Waals surface area contributed by atoms with Crippen molar-refractivity contribution in [3.63, 3.8) is 0 Å². The summed E-state index contributed by atoms with van der Waals surface area (Å²) in [6, 6.07) is 7.83. The average molecular weight is 358 g/mol. The first-order valence-electron chi connectivity index (χ1n) is 6.63. The van der Waals surface area contributed by atoms with E-state index in [2.05, 4.69) is 21.2 Å². The Balaban J connectivity index is 2.30. The number of rotatable bonds is 5. The maximum atomic E-state index is 13.8. The zero-order valence-corrected chi connectivity index (χ0v) is 13.1. The predicted molar refractivity (Wildman–Crippen MR) is 80.6 cm³/mol. The summed E-state index contributed by atoms with van der Waals surface area (Å²) in [6.07, 6.45) is 0.315. The van der Waals surface area contributed by atoms with Crippen molar-refractivity contribution in [1.29, 1.82) is 0 Å². The molecule has 2 aromatic carbocycles. The molecule has 0 aliphatic carbocycles. The first-order valence-corrected chi connectivity index (χ1v) is 7.42. The lowest BCUT2D eigenvalue weighted by Gasteiger charge is -2.19. The van der Waals surface area contributed by atoms with Gasteiger partial charge < -0.3 is 5.32 Å². The van der Waals surface area contributed by atoms with Gasteiger partial charge in [-0.15, -0.1) is 0 Å². The molecule has 2 rings (SSSR count). The van der Waals surface area contributed by atoms with Gasteiger partial charge in [0, 0.05) is 16.6 Å². The molecule has 1 atom stereocenters. The molecule has 0 fully saturated rings. The number of likely N-dealkylation sites (N-methyl/N-ethyl adjacent to an activating group) is 1. The molecule has 1 unspecified atom stereocenters. The Kier molecular flexibility index (Phi) is 5.42. The third-order valence-electron chi connectivity index (χ3n) is 3.18. The molecule has 1 N–H and O–H groups in total. The van der Waals surface area contributed by atoms with Crippen molar-refractivity contribution >= 4 is 15.9 Å². The molecule has 112 valence electrons. The fraction of sp³-hybridized carbons (Fsp3) is 0.250. The number of hydrogen-bond donors (Lipinski definition) is 1. The summed E-state index contributed by atoms with van der Waals surface area (Å²) in [5.41, 5.74) is 1.11. The molecule has 0 aliphatic heterocycles. The van der Waals surface area contributed by atoms with Gasteiger partial charge in [-0.3, -0.25) is 0 Å². The monoisotopic (exact) mass is 357 g/mol. The number of nitrogens with one attached hydrogen (secondary N) is 1. The van der Waals surface area contributed by atoms with E-state index in [1.807, 2.05) is 6.92 Å². The average Bonchev–Trinajstić information content (AvgIpc) is 2.40. The summed E-state index contributed by atoms with van der Waals surface area (Å²) >= 11 is 3.25. The summed E-state index contributed by atoms with van der Waals surface area (Å²) in [4.78, 5) is 0. The Morgan fingerprint density at radius 1 is 1.05 bits per heavy atom. The van der Waals surface area contributed by atoms with Gasteiger partial charge >= 0.3 is 0 Å². The Labute approximate surface area is 130 Å². The molecule has 5 heteroatoms. The molecule has 0 saturated carbocycles. The van der Waals surface area contributed by atoms with Crippen LogP contribution in [-0.2, 0) is 6.42 Å². The van der Waals surface area contributed by atoms with E-state index < -0.39 is 11.6 Å². The van der Waals surface area contributed by atoms with Gasteiger partial charge in [-0.1, -0.05) is 28.9 Å². The Hall–Kier alpha value is -1.33. The summed E-state index contributed by atoms with van der Waals surface area (Å²) < 4.78 is 40.9. The van der Waals surface area contributed by atoms with Crippen LogP contribution < -0.4 is 5.32 Å². The normalized spacial score (nSPS) is 12.4. The highest BCUT2D eigenvalue weighted by Gasteiger charge is 2.15. The highest BCUT2D eigenvalue weighted by atomic mass is 79.9. The van der Waals surface area contributed by atoms with Crippen LogP contribution in [0.2, 0.25) is 0 Å². The highest BCUT2D eigenvalue weighted by molar-refractivity contribution is 9.10. The molecule has 0 radical (unpaired) electrons. The topological polar surface area (TPSA) is 12.0 Å². The second-order valence-corrected chi connectivity index (χ2v) is 5.67. The predicted octanol–water partition coefficient (Wildman–Crippen LogP) is 4.76. The van der Waals surface area contributed by atoms with E-state index in [1.165, 1.54) is 24.3 Å². The van der Waals surface area contributed by atoms with Gasteiger partial charge in [0.1, 0.15) is 17.5 Å². The van der Waals surface area contributed by atoms with Crippen LogP contribution in [0.5, 0.6) is 0 Å². The van der Waals surface area contributed by atoms with Crippen LogP contribution in [0.1, 0.15) is 24.1 Å². The molecule has 1 nitrogen and oxygen atoms in total. The van der Waals surface area contributed by atoms with E-state index in [0.29, 0.717) is 28.6 Å². The third-order valence-corrected chi connectivity index (χ3v) is 3.63. The minimum Gasteiger partial charge on any atom is -0.310 e. The maximum absolute atomic E-state index is 13.8. The van der Waals surface area contributed by atoms with Gasteiger partial charge in [0.2, 0.25) is 0 Å². The Morgan fingerprint density at radius 2 is 1.81 bits per heavy atom. The SMILES string of the molecule is CCNC(Cc1ccc(F)cc1F)c1cc(F)cc(Br)c1. The van der Waals surface area contributed by atoms with Crippen molar-refractivity contribution in [2.45, 2.75) is 19.4 Å². The molecule has 0 amide bonds. The van der Waals surface area contributed by atoms with E-state index in [-0.39, 0.29) is 11.9 Å². The first kappa shape index (κ1) is 16.0. The van der Waals surface area contributed by atoms with Gasteiger partial charge in [0.05, 0.1) is 0 Å². The molecular weight excluding hydrogens is 343 g/mol. The molecule has 0 aliphatic rings. The van der Waals surface area contributed by atoms with E-state index in [4.69, 9.17) is 0 Å². The maximum Gasteiger partial charge on any atom is 0.129 e. The molecule has 2 aromatic rings. The number of hydrogen-bond acceptors (Lipinski definition) is 1.